The molecule has 144 valence electrons. The second kappa shape index (κ2) is 8.99. The molecule has 0 radical (unpaired) electrons. The first-order valence-corrected chi connectivity index (χ1v) is 9.29. The second-order valence-corrected chi connectivity index (χ2v) is 6.53. The Bertz CT molecular complexity index is 993. The Morgan fingerprint density at radius 3 is 2.29 bits per heavy atom. The molecule has 28 heavy (non-hydrogen) atoms. The highest BCUT2D eigenvalue weighted by Crippen LogP contribution is 2.23. The molecule has 6 nitrogen and oxygen atoms in total. The van der Waals surface area contributed by atoms with Gasteiger partial charge in [0.2, 0.25) is 0 Å². The summed E-state index contributed by atoms with van der Waals surface area (Å²) in [5.41, 5.74) is 1.78. The van der Waals surface area contributed by atoms with Crippen molar-refractivity contribution >= 4 is 11.6 Å². The van der Waals surface area contributed by atoms with E-state index in [0.29, 0.717) is 18.0 Å². The lowest BCUT2D eigenvalue weighted by Crippen LogP contribution is -2.26. The van der Waals surface area contributed by atoms with E-state index in [2.05, 4.69) is 10.4 Å². The van der Waals surface area contributed by atoms with Crippen LogP contribution in [-0.4, -0.2) is 15.7 Å². The molecule has 0 fully saturated rings. The van der Waals surface area contributed by atoms with E-state index in [1.54, 1.807) is 24.3 Å². The molecule has 0 aliphatic rings. The number of hydrogen-bond acceptors (Lipinski definition) is 4. The molecule has 0 aliphatic heterocycles. The maximum absolute atomic E-state index is 12.4. The van der Waals surface area contributed by atoms with Crippen molar-refractivity contribution < 1.29 is 9.53 Å². The van der Waals surface area contributed by atoms with E-state index >= 15 is 0 Å². The summed E-state index contributed by atoms with van der Waals surface area (Å²) in [6.07, 6.45) is 1.78. The van der Waals surface area contributed by atoms with E-state index in [-0.39, 0.29) is 17.2 Å². The number of carbonyl (C=O) groups is 1. The molecule has 1 N–H and O–H groups in total. The van der Waals surface area contributed by atoms with Gasteiger partial charge in [-0.1, -0.05) is 31.0 Å². The van der Waals surface area contributed by atoms with E-state index < -0.39 is 0 Å². The van der Waals surface area contributed by atoms with E-state index in [9.17, 15) is 9.59 Å². The summed E-state index contributed by atoms with van der Waals surface area (Å²) in [7, 11) is 0. The van der Waals surface area contributed by atoms with Gasteiger partial charge in [0.25, 0.3) is 11.5 Å². The molecule has 0 saturated carbocycles. The summed E-state index contributed by atoms with van der Waals surface area (Å²) >= 11 is 0. The number of nitrogens with one attached hydrogen (secondary N) is 1. The van der Waals surface area contributed by atoms with Crippen molar-refractivity contribution in [2.45, 2.75) is 33.2 Å². The standard InChI is InChI=1S/C22H23N3O3/c1-3-4-15-25-21(26)14-13-20(24-25)22(27)23-17-7-11-19(12-8-17)28-18-9-5-16(2)6-10-18/h5-14H,3-4,15H2,1-2H3,(H,23,27). The molecule has 3 aromatic rings. The highest BCUT2D eigenvalue weighted by atomic mass is 16.5. The van der Waals surface area contributed by atoms with Crippen LogP contribution in [0.2, 0.25) is 0 Å². The predicted molar refractivity (Wildman–Crippen MR) is 109 cm³/mol. The first-order chi connectivity index (χ1) is 13.5. The van der Waals surface area contributed by atoms with E-state index in [1.165, 1.54) is 22.4 Å². The normalized spacial score (nSPS) is 10.5. The van der Waals surface area contributed by atoms with Crippen LogP contribution in [0.5, 0.6) is 11.5 Å². The Morgan fingerprint density at radius 2 is 1.64 bits per heavy atom. The zero-order chi connectivity index (χ0) is 19.9. The second-order valence-electron chi connectivity index (χ2n) is 6.53. The van der Waals surface area contributed by atoms with E-state index in [0.717, 1.165) is 18.6 Å². The fraction of sp³-hybridized carbons (Fsp3) is 0.227. The number of rotatable bonds is 7. The Labute approximate surface area is 163 Å². The number of aromatic nitrogens is 2. The van der Waals surface area contributed by atoms with Crippen molar-refractivity contribution in [2.24, 2.45) is 0 Å². The third-order valence-corrected chi connectivity index (χ3v) is 4.19. The van der Waals surface area contributed by atoms with Crippen LogP contribution >= 0.6 is 0 Å². The number of carbonyl (C=O) groups excluding carboxylic acids is 1. The quantitative estimate of drug-likeness (QED) is 0.662. The highest BCUT2D eigenvalue weighted by Gasteiger charge is 2.10. The predicted octanol–water partition coefficient (Wildman–Crippen LogP) is 4.40. The molecule has 0 unspecified atom stereocenters. The molecule has 0 spiro atoms. The Morgan fingerprint density at radius 1 is 1.00 bits per heavy atom. The average Bonchev–Trinajstić information content (AvgIpc) is 2.70. The van der Waals surface area contributed by atoms with Crippen LogP contribution in [0.15, 0.2) is 65.5 Å². The molecule has 1 amide bonds. The van der Waals surface area contributed by atoms with Crippen molar-refractivity contribution in [1.82, 2.24) is 9.78 Å². The molecule has 0 atom stereocenters. The van der Waals surface area contributed by atoms with Crippen molar-refractivity contribution in [3.63, 3.8) is 0 Å². The largest absolute Gasteiger partial charge is 0.457 e. The molecule has 3 rings (SSSR count). The Kier molecular flexibility index (Phi) is 6.22. The smallest absolute Gasteiger partial charge is 0.276 e. The van der Waals surface area contributed by atoms with Crippen LogP contribution < -0.4 is 15.6 Å². The number of aryl methyl sites for hydroxylation is 2. The van der Waals surface area contributed by atoms with Crippen LogP contribution in [0.25, 0.3) is 0 Å². The van der Waals surface area contributed by atoms with Gasteiger partial charge < -0.3 is 10.1 Å². The Hall–Kier alpha value is -3.41. The summed E-state index contributed by atoms with van der Waals surface area (Å²) in [5, 5.41) is 6.94. The van der Waals surface area contributed by atoms with Gasteiger partial charge in [0.05, 0.1) is 0 Å². The lowest BCUT2D eigenvalue weighted by Gasteiger charge is -2.09. The summed E-state index contributed by atoms with van der Waals surface area (Å²) in [6.45, 7) is 4.56. The minimum Gasteiger partial charge on any atom is -0.457 e. The molecule has 1 aromatic heterocycles. The van der Waals surface area contributed by atoms with Gasteiger partial charge in [0.15, 0.2) is 0 Å². The maximum atomic E-state index is 12.4. The third-order valence-electron chi connectivity index (χ3n) is 4.19. The van der Waals surface area contributed by atoms with Gasteiger partial charge in [-0.2, -0.15) is 5.10 Å². The van der Waals surface area contributed by atoms with Crippen molar-refractivity contribution in [3.8, 4) is 11.5 Å². The van der Waals surface area contributed by atoms with Crippen LogP contribution in [0.1, 0.15) is 35.8 Å². The minimum absolute atomic E-state index is 0.204. The molecular weight excluding hydrogens is 354 g/mol. The number of benzene rings is 2. The molecule has 0 aliphatic carbocycles. The van der Waals surface area contributed by atoms with Gasteiger partial charge in [0, 0.05) is 18.3 Å². The molecule has 0 bridgehead atoms. The van der Waals surface area contributed by atoms with Gasteiger partial charge in [-0.05, 0) is 55.8 Å². The van der Waals surface area contributed by atoms with Crippen LogP contribution in [-0.2, 0) is 6.54 Å². The number of anilines is 1. The summed E-state index contributed by atoms with van der Waals surface area (Å²) in [6, 6.07) is 17.7. The van der Waals surface area contributed by atoms with Crippen molar-refractivity contribution in [2.75, 3.05) is 5.32 Å². The summed E-state index contributed by atoms with van der Waals surface area (Å²) < 4.78 is 7.11. The number of nitrogens with zero attached hydrogens (tertiary/aromatic N) is 2. The molecule has 1 heterocycles. The van der Waals surface area contributed by atoms with Gasteiger partial charge in [-0.25, -0.2) is 4.68 Å². The molecule has 0 saturated heterocycles. The highest BCUT2D eigenvalue weighted by molar-refractivity contribution is 6.02. The number of hydrogen-bond donors (Lipinski definition) is 1. The summed E-state index contributed by atoms with van der Waals surface area (Å²) in [5.74, 6) is 1.06. The van der Waals surface area contributed by atoms with Crippen LogP contribution in [0, 0.1) is 6.92 Å². The number of amides is 1. The zero-order valence-electron chi connectivity index (χ0n) is 16.0. The van der Waals surface area contributed by atoms with Crippen LogP contribution in [0.3, 0.4) is 0 Å². The lowest BCUT2D eigenvalue weighted by atomic mass is 10.2. The molecule has 6 heteroatoms. The fourth-order valence-electron chi connectivity index (χ4n) is 2.58. The molecule has 2 aromatic carbocycles. The SMILES string of the molecule is CCCCn1nc(C(=O)Nc2ccc(Oc3ccc(C)cc3)cc2)ccc1=O. The fourth-order valence-corrected chi connectivity index (χ4v) is 2.58. The average molecular weight is 377 g/mol. The maximum Gasteiger partial charge on any atom is 0.276 e. The minimum atomic E-state index is -0.363. The number of unbranched alkanes of at least 4 members (excludes halogenated alkanes) is 1. The van der Waals surface area contributed by atoms with E-state index in [4.69, 9.17) is 4.74 Å². The number of ether oxygens (including phenoxy) is 1. The van der Waals surface area contributed by atoms with Gasteiger partial charge in [-0.3, -0.25) is 9.59 Å². The van der Waals surface area contributed by atoms with Crippen molar-refractivity contribution in [1.29, 1.82) is 0 Å². The van der Waals surface area contributed by atoms with Crippen molar-refractivity contribution in [3.05, 3.63) is 82.3 Å². The first kappa shape index (κ1) is 19.4. The molecular formula is C22H23N3O3. The third kappa shape index (κ3) is 5.07. The van der Waals surface area contributed by atoms with E-state index in [1.807, 2.05) is 38.1 Å². The zero-order valence-corrected chi connectivity index (χ0v) is 16.0. The topological polar surface area (TPSA) is 73.2 Å². The van der Waals surface area contributed by atoms with Gasteiger partial charge >= 0.3 is 0 Å². The summed E-state index contributed by atoms with van der Waals surface area (Å²) in [4.78, 5) is 24.3. The van der Waals surface area contributed by atoms with Gasteiger partial charge in [-0.15, -0.1) is 0 Å². The van der Waals surface area contributed by atoms with Crippen LogP contribution in [0.4, 0.5) is 5.69 Å². The Balaban J connectivity index is 1.65. The lowest BCUT2D eigenvalue weighted by molar-refractivity contribution is 0.101. The first-order valence-electron chi connectivity index (χ1n) is 9.29. The van der Waals surface area contributed by atoms with Gasteiger partial charge in [0.1, 0.15) is 17.2 Å². The monoisotopic (exact) mass is 377 g/mol.